The van der Waals surface area contributed by atoms with Gasteiger partial charge >= 0.3 is 0 Å². The van der Waals surface area contributed by atoms with Crippen molar-refractivity contribution in [1.82, 2.24) is 4.31 Å². The molecule has 1 saturated heterocycles. The average Bonchev–Trinajstić information content (AvgIpc) is 2.75. The van der Waals surface area contributed by atoms with Crippen LogP contribution in [-0.2, 0) is 10.0 Å². The normalized spacial score (nSPS) is 28.2. The highest BCUT2D eigenvalue weighted by atomic mass is 35.5. The standard InChI is InChI=1S/C10H20N2O2S.ClH/c11-10-5-6-12(7-10)15(13,14)8-9-3-1-2-4-9;/h9-10H,1-8,11H2;1H/t10-;/m0./s1. The second-order valence-corrected chi connectivity index (χ2v) is 6.85. The molecule has 2 N–H and O–H groups in total. The first-order valence-corrected chi connectivity index (χ1v) is 7.42. The summed E-state index contributed by atoms with van der Waals surface area (Å²) in [5.41, 5.74) is 5.72. The third kappa shape index (κ3) is 3.32. The fraction of sp³-hybridized carbons (Fsp3) is 1.00. The van der Waals surface area contributed by atoms with Gasteiger partial charge in [0.1, 0.15) is 0 Å². The summed E-state index contributed by atoms with van der Waals surface area (Å²) in [7, 11) is -3.02. The van der Waals surface area contributed by atoms with Gasteiger partial charge in [-0.2, -0.15) is 0 Å². The summed E-state index contributed by atoms with van der Waals surface area (Å²) in [5.74, 6) is 0.742. The van der Waals surface area contributed by atoms with Gasteiger partial charge in [-0.3, -0.25) is 0 Å². The van der Waals surface area contributed by atoms with E-state index in [1.165, 1.54) is 12.8 Å². The minimum absolute atomic E-state index is 0. The van der Waals surface area contributed by atoms with Crippen molar-refractivity contribution >= 4 is 22.4 Å². The Morgan fingerprint density at radius 3 is 2.31 bits per heavy atom. The van der Waals surface area contributed by atoms with Crippen molar-refractivity contribution in [2.45, 2.75) is 38.1 Å². The van der Waals surface area contributed by atoms with E-state index in [9.17, 15) is 8.42 Å². The molecule has 0 radical (unpaired) electrons. The Bertz CT molecular complexity index is 315. The van der Waals surface area contributed by atoms with E-state index in [0.717, 1.165) is 19.3 Å². The molecule has 2 fully saturated rings. The van der Waals surface area contributed by atoms with Gasteiger partial charge in [0.2, 0.25) is 10.0 Å². The second kappa shape index (κ2) is 5.67. The van der Waals surface area contributed by atoms with Gasteiger partial charge in [0.05, 0.1) is 5.75 Å². The monoisotopic (exact) mass is 268 g/mol. The van der Waals surface area contributed by atoms with Crippen LogP contribution in [0.2, 0.25) is 0 Å². The van der Waals surface area contributed by atoms with Crippen molar-refractivity contribution in [2.24, 2.45) is 11.7 Å². The quantitative estimate of drug-likeness (QED) is 0.829. The van der Waals surface area contributed by atoms with Crippen LogP contribution >= 0.6 is 12.4 Å². The molecule has 6 heteroatoms. The first kappa shape index (κ1) is 14.2. The lowest BCUT2D eigenvalue weighted by atomic mass is 10.1. The van der Waals surface area contributed by atoms with Gasteiger partial charge in [0.15, 0.2) is 0 Å². The minimum Gasteiger partial charge on any atom is -0.326 e. The van der Waals surface area contributed by atoms with Crippen LogP contribution in [0.1, 0.15) is 32.1 Å². The Labute approximate surface area is 104 Å². The predicted molar refractivity (Wildman–Crippen MR) is 67.2 cm³/mol. The van der Waals surface area contributed by atoms with Crippen LogP contribution in [0.5, 0.6) is 0 Å². The van der Waals surface area contributed by atoms with Crippen molar-refractivity contribution < 1.29 is 8.42 Å². The lowest BCUT2D eigenvalue weighted by molar-refractivity contribution is 0.459. The van der Waals surface area contributed by atoms with Gasteiger partial charge in [-0.25, -0.2) is 12.7 Å². The summed E-state index contributed by atoms with van der Waals surface area (Å²) in [6, 6.07) is 0.0448. The Hall–Kier alpha value is 0.160. The van der Waals surface area contributed by atoms with E-state index < -0.39 is 10.0 Å². The molecule has 0 aromatic heterocycles. The summed E-state index contributed by atoms with van der Waals surface area (Å²) in [6.07, 6.45) is 5.36. The maximum absolute atomic E-state index is 12.0. The maximum atomic E-state index is 12.0. The second-order valence-electron chi connectivity index (χ2n) is 4.84. The third-order valence-corrected chi connectivity index (χ3v) is 5.51. The minimum atomic E-state index is -3.02. The smallest absolute Gasteiger partial charge is 0.214 e. The SMILES string of the molecule is Cl.N[C@H]1CCN(S(=O)(=O)CC2CCCC2)C1. The molecule has 2 aliphatic rings. The predicted octanol–water partition coefficient (Wildman–Crippen LogP) is 0.961. The molecule has 1 heterocycles. The van der Waals surface area contributed by atoms with E-state index in [1.807, 2.05) is 0 Å². The number of hydrogen-bond acceptors (Lipinski definition) is 3. The fourth-order valence-electron chi connectivity index (χ4n) is 2.59. The Balaban J connectivity index is 0.00000128. The number of hydrogen-bond donors (Lipinski definition) is 1. The molecule has 1 atom stereocenters. The van der Waals surface area contributed by atoms with Crippen LogP contribution in [-0.4, -0.2) is 37.6 Å². The number of halogens is 1. The number of sulfonamides is 1. The van der Waals surface area contributed by atoms with Crippen molar-refractivity contribution in [3.05, 3.63) is 0 Å². The van der Waals surface area contributed by atoms with Crippen LogP contribution in [0.3, 0.4) is 0 Å². The molecule has 1 saturated carbocycles. The molecule has 1 aliphatic carbocycles. The number of nitrogens with two attached hydrogens (primary N) is 1. The molecule has 0 aromatic carbocycles. The number of rotatable bonds is 3. The highest BCUT2D eigenvalue weighted by Crippen LogP contribution is 2.27. The van der Waals surface area contributed by atoms with Crippen molar-refractivity contribution in [3.8, 4) is 0 Å². The molecular weight excluding hydrogens is 248 g/mol. The zero-order valence-electron chi connectivity index (χ0n) is 9.47. The highest BCUT2D eigenvalue weighted by Gasteiger charge is 2.32. The van der Waals surface area contributed by atoms with Crippen LogP contribution in [0, 0.1) is 5.92 Å². The summed E-state index contributed by atoms with van der Waals surface area (Å²) >= 11 is 0. The van der Waals surface area contributed by atoms with Gasteiger partial charge in [0.25, 0.3) is 0 Å². The van der Waals surface area contributed by atoms with Crippen molar-refractivity contribution in [3.63, 3.8) is 0 Å². The largest absolute Gasteiger partial charge is 0.326 e. The topological polar surface area (TPSA) is 63.4 Å². The molecule has 0 unspecified atom stereocenters. The Morgan fingerprint density at radius 2 is 1.81 bits per heavy atom. The molecule has 96 valence electrons. The van der Waals surface area contributed by atoms with Gasteiger partial charge in [-0.15, -0.1) is 12.4 Å². The van der Waals surface area contributed by atoms with Crippen LogP contribution in [0.15, 0.2) is 0 Å². The Kier molecular flexibility index (Phi) is 5.04. The highest BCUT2D eigenvalue weighted by molar-refractivity contribution is 7.89. The molecule has 2 rings (SSSR count). The van der Waals surface area contributed by atoms with Crippen molar-refractivity contribution in [2.75, 3.05) is 18.8 Å². The molecular formula is C10H21ClN2O2S. The van der Waals surface area contributed by atoms with Crippen molar-refractivity contribution in [1.29, 1.82) is 0 Å². The average molecular weight is 269 g/mol. The summed E-state index contributed by atoms with van der Waals surface area (Å²) in [4.78, 5) is 0. The molecule has 4 nitrogen and oxygen atoms in total. The lowest BCUT2D eigenvalue weighted by Gasteiger charge is -2.18. The van der Waals surface area contributed by atoms with E-state index >= 15 is 0 Å². The van der Waals surface area contributed by atoms with E-state index in [0.29, 0.717) is 24.8 Å². The van der Waals surface area contributed by atoms with E-state index in [-0.39, 0.29) is 18.4 Å². The van der Waals surface area contributed by atoms with E-state index in [4.69, 9.17) is 5.73 Å². The molecule has 0 spiro atoms. The summed E-state index contributed by atoms with van der Waals surface area (Å²) in [6.45, 7) is 1.14. The van der Waals surface area contributed by atoms with E-state index in [2.05, 4.69) is 0 Å². The maximum Gasteiger partial charge on any atom is 0.214 e. The zero-order chi connectivity index (χ0) is 10.9. The summed E-state index contributed by atoms with van der Waals surface area (Å²) in [5, 5.41) is 0. The molecule has 0 aromatic rings. The lowest BCUT2D eigenvalue weighted by Crippen LogP contribution is -2.35. The van der Waals surface area contributed by atoms with Gasteiger partial charge in [0, 0.05) is 19.1 Å². The van der Waals surface area contributed by atoms with Crippen LogP contribution < -0.4 is 5.73 Å². The Morgan fingerprint density at radius 1 is 1.19 bits per heavy atom. The van der Waals surface area contributed by atoms with E-state index in [1.54, 1.807) is 4.31 Å². The molecule has 16 heavy (non-hydrogen) atoms. The van der Waals surface area contributed by atoms with Crippen LogP contribution in [0.25, 0.3) is 0 Å². The van der Waals surface area contributed by atoms with Crippen LogP contribution in [0.4, 0.5) is 0 Å². The van der Waals surface area contributed by atoms with Gasteiger partial charge < -0.3 is 5.73 Å². The first-order valence-electron chi connectivity index (χ1n) is 5.81. The first-order chi connectivity index (χ1) is 7.08. The van der Waals surface area contributed by atoms with Gasteiger partial charge in [-0.1, -0.05) is 12.8 Å². The third-order valence-electron chi connectivity index (χ3n) is 3.50. The molecule has 0 bridgehead atoms. The zero-order valence-corrected chi connectivity index (χ0v) is 11.1. The fourth-order valence-corrected chi connectivity index (χ4v) is 4.53. The summed E-state index contributed by atoms with van der Waals surface area (Å²) < 4.78 is 25.6. The number of nitrogens with zero attached hydrogens (tertiary/aromatic N) is 1. The molecule has 0 amide bonds. The van der Waals surface area contributed by atoms with Gasteiger partial charge in [-0.05, 0) is 25.2 Å². The molecule has 1 aliphatic heterocycles.